The Morgan fingerprint density at radius 1 is 1.44 bits per heavy atom. The van der Waals surface area contributed by atoms with E-state index >= 15 is 0 Å². The molecule has 52 valence electrons. The summed E-state index contributed by atoms with van der Waals surface area (Å²) in [6.07, 6.45) is 3.99. The first-order chi connectivity index (χ1) is 4.15. The van der Waals surface area contributed by atoms with Crippen molar-refractivity contribution in [2.24, 2.45) is 0 Å². The zero-order valence-corrected chi connectivity index (χ0v) is 7.68. The monoisotopic (exact) mass is 190 g/mol. The third-order valence-electron chi connectivity index (χ3n) is 1.92. The normalized spacial score (nSPS) is 24.1. The summed E-state index contributed by atoms with van der Waals surface area (Å²) in [6, 6.07) is 0. The Bertz CT molecular complexity index is 127. The van der Waals surface area contributed by atoms with Crippen molar-refractivity contribution in [1.29, 1.82) is 0 Å². The number of carbonyl (C=O) groups is 1. The summed E-state index contributed by atoms with van der Waals surface area (Å²) < 4.78 is -0.326. The fraction of sp³-hybridized carbons (Fsp3) is 0.833. The van der Waals surface area contributed by atoms with Gasteiger partial charge in [-0.05, 0) is 0 Å². The average molecular weight is 190 g/mol. The first-order valence-corrected chi connectivity index (χ1v) is 4.38. The van der Waals surface area contributed by atoms with Crippen molar-refractivity contribution in [3.8, 4) is 0 Å². The Hall–Kier alpha value is 0.0284. The Morgan fingerprint density at radius 3 is 2.11 bits per heavy atom. The molecular formula is C6H11AsO2. The molecule has 2 nitrogen and oxygen atoms in total. The Morgan fingerprint density at radius 2 is 1.89 bits per heavy atom. The summed E-state index contributed by atoms with van der Waals surface area (Å²) in [6.45, 7) is 0. The van der Waals surface area contributed by atoms with E-state index in [1.807, 2.05) is 0 Å². The van der Waals surface area contributed by atoms with Crippen LogP contribution >= 0.6 is 0 Å². The molecule has 1 unspecified atom stereocenters. The standard InChI is InChI=1S/C6H11AsO2/c7-6(5(8)9)3-1-2-4-6/h1-4,7H2,(H,8,9). The van der Waals surface area contributed by atoms with Crippen molar-refractivity contribution < 1.29 is 9.90 Å². The second-order valence-corrected chi connectivity index (χ2v) is 4.99. The van der Waals surface area contributed by atoms with Crippen LogP contribution in [0.5, 0.6) is 0 Å². The van der Waals surface area contributed by atoms with Crippen molar-refractivity contribution in [3.05, 3.63) is 0 Å². The van der Waals surface area contributed by atoms with Crippen LogP contribution in [0.1, 0.15) is 25.7 Å². The predicted octanol–water partition coefficient (Wildman–Crippen LogP) is 0.437. The number of hydrogen-bond acceptors (Lipinski definition) is 1. The van der Waals surface area contributed by atoms with E-state index in [9.17, 15) is 4.79 Å². The first-order valence-electron chi connectivity index (χ1n) is 3.17. The summed E-state index contributed by atoms with van der Waals surface area (Å²) in [7, 11) is 0. The van der Waals surface area contributed by atoms with E-state index in [0.717, 1.165) is 25.7 Å². The minimum absolute atomic E-state index is 0.326. The van der Waals surface area contributed by atoms with Gasteiger partial charge in [0.2, 0.25) is 0 Å². The van der Waals surface area contributed by atoms with Crippen molar-refractivity contribution in [2.75, 3.05) is 0 Å². The molecule has 1 rings (SSSR count). The van der Waals surface area contributed by atoms with Crippen LogP contribution in [0.3, 0.4) is 0 Å². The molecule has 1 atom stereocenters. The van der Waals surface area contributed by atoms with Crippen LogP contribution in [0, 0.1) is 0 Å². The van der Waals surface area contributed by atoms with Gasteiger partial charge in [0.25, 0.3) is 0 Å². The number of rotatable bonds is 1. The maximum atomic E-state index is 10.5. The number of hydrogen-bond donors (Lipinski definition) is 1. The van der Waals surface area contributed by atoms with Crippen molar-refractivity contribution in [1.82, 2.24) is 0 Å². The molecule has 9 heavy (non-hydrogen) atoms. The van der Waals surface area contributed by atoms with Crippen LogP contribution in [0.15, 0.2) is 0 Å². The fourth-order valence-corrected chi connectivity index (χ4v) is 2.08. The Kier molecular flexibility index (Phi) is 1.85. The quantitative estimate of drug-likeness (QED) is 0.609. The van der Waals surface area contributed by atoms with Gasteiger partial charge in [-0.15, -0.1) is 0 Å². The van der Waals surface area contributed by atoms with Gasteiger partial charge in [-0.25, -0.2) is 0 Å². The second kappa shape index (κ2) is 2.34. The topological polar surface area (TPSA) is 37.3 Å². The van der Waals surface area contributed by atoms with Gasteiger partial charge in [0.1, 0.15) is 0 Å². The van der Waals surface area contributed by atoms with E-state index in [0.29, 0.717) is 0 Å². The van der Waals surface area contributed by atoms with Crippen molar-refractivity contribution in [2.45, 2.75) is 29.9 Å². The zero-order chi connectivity index (χ0) is 6.91. The predicted molar refractivity (Wildman–Crippen MR) is 37.3 cm³/mol. The van der Waals surface area contributed by atoms with Crippen LogP contribution in [-0.2, 0) is 4.79 Å². The van der Waals surface area contributed by atoms with E-state index in [1.165, 1.54) is 16.9 Å². The molecule has 0 radical (unpaired) electrons. The Labute approximate surface area is 63.1 Å². The van der Waals surface area contributed by atoms with Gasteiger partial charge >= 0.3 is 62.6 Å². The van der Waals surface area contributed by atoms with Gasteiger partial charge in [-0.3, -0.25) is 0 Å². The maximum absolute atomic E-state index is 10.5. The van der Waals surface area contributed by atoms with Gasteiger partial charge in [-0.2, -0.15) is 0 Å². The molecule has 0 heterocycles. The van der Waals surface area contributed by atoms with Crippen LogP contribution in [0.4, 0.5) is 0 Å². The van der Waals surface area contributed by atoms with Crippen molar-refractivity contribution in [3.63, 3.8) is 0 Å². The number of aliphatic carboxylic acids is 1. The average Bonchev–Trinajstić information content (AvgIpc) is 2.16. The number of carboxylic acids is 1. The molecule has 0 aromatic heterocycles. The van der Waals surface area contributed by atoms with Crippen LogP contribution in [-0.4, -0.2) is 27.9 Å². The molecule has 0 amide bonds. The summed E-state index contributed by atoms with van der Waals surface area (Å²) in [4.78, 5) is 10.5. The molecular weight excluding hydrogens is 179 g/mol. The van der Waals surface area contributed by atoms with Gasteiger partial charge < -0.3 is 0 Å². The molecule has 3 heteroatoms. The van der Waals surface area contributed by atoms with Crippen LogP contribution in [0.2, 0.25) is 4.20 Å². The van der Waals surface area contributed by atoms with Gasteiger partial charge in [0, 0.05) is 0 Å². The fourth-order valence-electron chi connectivity index (χ4n) is 1.22. The molecule has 0 saturated heterocycles. The minimum atomic E-state index is -0.597. The Balaban J connectivity index is 2.61. The molecule has 1 aliphatic carbocycles. The van der Waals surface area contributed by atoms with Gasteiger partial charge in [0.05, 0.1) is 0 Å². The molecule has 1 saturated carbocycles. The molecule has 0 aromatic rings. The van der Waals surface area contributed by atoms with E-state index in [1.54, 1.807) is 0 Å². The summed E-state index contributed by atoms with van der Waals surface area (Å²) in [5, 5.41) is 8.69. The van der Waals surface area contributed by atoms with E-state index in [-0.39, 0.29) is 4.20 Å². The zero-order valence-electron chi connectivity index (χ0n) is 5.26. The van der Waals surface area contributed by atoms with E-state index in [4.69, 9.17) is 5.11 Å². The van der Waals surface area contributed by atoms with Crippen LogP contribution < -0.4 is 0 Å². The molecule has 0 spiro atoms. The third kappa shape index (κ3) is 1.29. The van der Waals surface area contributed by atoms with E-state index in [2.05, 4.69) is 0 Å². The molecule has 0 bridgehead atoms. The molecule has 0 aromatic carbocycles. The van der Waals surface area contributed by atoms with Gasteiger partial charge in [0.15, 0.2) is 0 Å². The van der Waals surface area contributed by atoms with Crippen molar-refractivity contribution >= 4 is 22.8 Å². The van der Waals surface area contributed by atoms with Gasteiger partial charge in [-0.1, -0.05) is 0 Å². The molecule has 1 aliphatic rings. The van der Waals surface area contributed by atoms with Crippen LogP contribution in [0.25, 0.3) is 0 Å². The molecule has 1 fully saturated rings. The summed E-state index contributed by atoms with van der Waals surface area (Å²) >= 11 is 1.38. The summed E-state index contributed by atoms with van der Waals surface area (Å²) in [5.41, 5.74) is 0. The molecule has 0 aliphatic heterocycles. The SMILES string of the molecule is O=C(O)C1([AsH2])CCCC1. The molecule has 1 N–H and O–H groups in total. The first kappa shape index (κ1) is 7.14. The van der Waals surface area contributed by atoms with E-state index < -0.39 is 5.97 Å². The third-order valence-corrected chi connectivity index (χ3v) is 3.65. The number of carboxylic acid groups (broad SMARTS) is 1. The summed E-state index contributed by atoms with van der Waals surface area (Å²) in [5.74, 6) is -0.597. The second-order valence-electron chi connectivity index (χ2n) is 2.67.